The lowest BCUT2D eigenvalue weighted by atomic mass is 9.86. The van der Waals surface area contributed by atoms with E-state index in [1.54, 1.807) is 37.4 Å². The molecule has 0 radical (unpaired) electrons. The van der Waals surface area contributed by atoms with E-state index in [0.29, 0.717) is 65.6 Å². The Labute approximate surface area is 334 Å². The molecule has 0 unspecified atom stereocenters. The number of benzene rings is 2. The number of rotatable bonds is 11. The highest BCUT2D eigenvalue weighted by Gasteiger charge is 2.68. The standard InChI is InChI=1S/C41H37F7N6O4S/c1-52-37-30(6-3-7-31(37)34(50-52)22-59(2,56)57)29-9-8-27(5-4-10-53-11-13-58-14-12-53)49-36(29)24(15-23-16-25(42)19-26(43)17-23)18-28(55)21-54-39-35(38(51-54)41(46,47)48)32-20-33(32)40(39,44)45/h3,6-9,16-17,19,24,32-33H,10-15,18,20-22H2,1-2H3/t24-,32+,33-/m1/s1. The number of para-hydroxylation sites is 1. The van der Waals surface area contributed by atoms with Gasteiger partial charge in [-0.15, -0.1) is 0 Å². The van der Waals surface area contributed by atoms with Crippen molar-refractivity contribution >= 4 is 26.5 Å². The van der Waals surface area contributed by atoms with Gasteiger partial charge in [-0.1, -0.05) is 24.1 Å². The van der Waals surface area contributed by atoms with Gasteiger partial charge < -0.3 is 4.74 Å². The number of morpholine rings is 1. The molecule has 1 aliphatic heterocycles. The number of aromatic nitrogens is 5. The molecule has 5 aromatic rings. The molecule has 0 bridgehead atoms. The number of alkyl halides is 5. The molecule has 4 heterocycles. The van der Waals surface area contributed by atoms with Gasteiger partial charge in [0.05, 0.1) is 42.4 Å². The van der Waals surface area contributed by atoms with Gasteiger partial charge in [-0.05, 0) is 54.5 Å². The van der Waals surface area contributed by atoms with Crippen molar-refractivity contribution in [3.8, 4) is 23.0 Å². The fourth-order valence-electron chi connectivity index (χ4n) is 8.44. The van der Waals surface area contributed by atoms with Crippen LogP contribution in [-0.4, -0.2) is 82.7 Å². The Morgan fingerprint density at radius 2 is 1.76 bits per heavy atom. The van der Waals surface area contributed by atoms with Gasteiger partial charge in [-0.2, -0.15) is 32.1 Å². The molecule has 8 rings (SSSR count). The minimum Gasteiger partial charge on any atom is -0.379 e. The highest BCUT2D eigenvalue weighted by atomic mass is 32.2. The van der Waals surface area contributed by atoms with Crippen molar-refractivity contribution in [2.24, 2.45) is 13.0 Å². The fourth-order valence-corrected chi connectivity index (χ4v) is 9.15. The van der Waals surface area contributed by atoms with E-state index in [1.165, 1.54) is 4.68 Å². The van der Waals surface area contributed by atoms with Crippen LogP contribution >= 0.6 is 0 Å². The van der Waals surface area contributed by atoms with Gasteiger partial charge in [0.25, 0.3) is 5.92 Å². The predicted octanol–water partition coefficient (Wildman–Crippen LogP) is 6.55. The van der Waals surface area contributed by atoms with E-state index < -0.39 is 87.0 Å². The molecule has 3 aliphatic rings. The van der Waals surface area contributed by atoms with Crippen LogP contribution in [0.4, 0.5) is 30.7 Å². The first-order chi connectivity index (χ1) is 27.9. The van der Waals surface area contributed by atoms with Gasteiger partial charge in [0.1, 0.15) is 29.6 Å². The van der Waals surface area contributed by atoms with Crippen LogP contribution in [0.2, 0.25) is 0 Å². The molecule has 2 aromatic carbocycles. The van der Waals surface area contributed by atoms with Gasteiger partial charge >= 0.3 is 6.18 Å². The predicted molar refractivity (Wildman–Crippen MR) is 201 cm³/mol. The molecule has 310 valence electrons. The Bertz CT molecular complexity index is 2640. The molecule has 18 heteroatoms. The lowest BCUT2D eigenvalue weighted by Crippen LogP contribution is -2.36. The number of ketones is 1. The Morgan fingerprint density at radius 1 is 1.03 bits per heavy atom. The zero-order valence-electron chi connectivity index (χ0n) is 31.8. The quantitative estimate of drug-likeness (QED) is 0.109. The fraction of sp³-hybridized carbons (Fsp3) is 0.415. The van der Waals surface area contributed by atoms with E-state index >= 15 is 8.78 Å². The number of nitrogens with zero attached hydrogens (tertiary/aromatic N) is 6. The molecule has 0 N–H and O–H groups in total. The summed E-state index contributed by atoms with van der Waals surface area (Å²) >= 11 is 0. The second kappa shape index (κ2) is 15.2. The number of carbonyl (C=O) groups excluding carboxylic acids is 1. The zero-order valence-corrected chi connectivity index (χ0v) is 32.6. The maximum absolute atomic E-state index is 15.5. The summed E-state index contributed by atoms with van der Waals surface area (Å²) in [5, 5.41) is 8.52. The van der Waals surface area contributed by atoms with Gasteiger partial charge in [0, 0.05) is 72.8 Å². The van der Waals surface area contributed by atoms with Gasteiger partial charge in [-0.25, -0.2) is 22.2 Å². The van der Waals surface area contributed by atoms with E-state index in [1.807, 2.05) is 0 Å². The minimum absolute atomic E-state index is 0.117. The molecular weight excluding hydrogens is 806 g/mol. The topological polar surface area (TPSA) is 112 Å². The molecule has 2 aliphatic carbocycles. The summed E-state index contributed by atoms with van der Waals surface area (Å²) in [6.07, 6.45) is -4.80. The highest BCUT2D eigenvalue weighted by Crippen LogP contribution is 2.68. The third-order valence-corrected chi connectivity index (χ3v) is 11.8. The summed E-state index contributed by atoms with van der Waals surface area (Å²) in [6.45, 7) is 1.92. The number of sulfone groups is 1. The maximum atomic E-state index is 15.5. The van der Waals surface area contributed by atoms with Crippen LogP contribution < -0.4 is 0 Å². The lowest BCUT2D eigenvalue weighted by Gasteiger charge is -2.24. The molecule has 1 saturated heterocycles. The van der Waals surface area contributed by atoms with Crippen molar-refractivity contribution in [2.45, 2.75) is 55.5 Å². The number of Topliss-reactive ketones (excluding diaryl/α,β-unsaturated/α-hetero) is 1. The van der Waals surface area contributed by atoms with Crippen molar-refractivity contribution in [2.75, 3.05) is 39.1 Å². The lowest BCUT2D eigenvalue weighted by molar-refractivity contribution is -0.142. The largest absolute Gasteiger partial charge is 0.435 e. The minimum atomic E-state index is -5.04. The monoisotopic (exact) mass is 842 g/mol. The smallest absolute Gasteiger partial charge is 0.379 e. The molecule has 3 aromatic heterocycles. The molecule has 3 atom stereocenters. The first-order valence-corrected chi connectivity index (χ1v) is 20.9. The van der Waals surface area contributed by atoms with Crippen LogP contribution in [0, 0.1) is 29.4 Å². The average Bonchev–Trinajstić information content (AvgIpc) is 3.70. The Balaban J connectivity index is 1.24. The average molecular weight is 843 g/mol. The third-order valence-electron chi connectivity index (χ3n) is 11.0. The Hall–Kier alpha value is -5.12. The van der Waals surface area contributed by atoms with Crippen molar-refractivity contribution < 1.29 is 48.7 Å². The van der Waals surface area contributed by atoms with E-state index in [4.69, 9.17) is 9.72 Å². The van der Waals surface area contributed by atoms with Gasteiger partial charge in [0.15, 0.2) is 21.3 Å². The summed E-state index contributed by atoms with van der Waals surface area (Å²) < 4.78 is 134. The van der Waals surface area contributed by atoms with Crippen molar-refractivity contribution in [3.63, 3.8) is 0 Å². The highest BCUT2D eigenvalue weighted by molar-refractivity contribution is 7.89. The normalized spacial score (nSPS) is 19.3. The number of hydrogen-bond donors (Lipinski definition) is 0. The van der Waals surface area contributed by atoms with Crippen molar-refractivity contribution in [1.82, 2.24) is 29.4 Å². The first-order valence-electron chi connectivity index (χ1n) is 18.8. The summed E-state index contributed by atoms with van der Waals surface area (Å²) in [5.74, 6) is -3.78. The first kappa shape index (κ1) is 40.7. The number of aryl methyl sites for hydroxylation is 1. The second-order valence-corrected chi connectivity index (χ2v) is 17.6. The van der Waals surface area contributed by atoms with Gasteiger partial charge in [0.2, 0.25) is 0 Å². The van der Waals surface area contributed by atoms with E-state index in [-0.39, 0.29) is 41.2 Å². The number of ether oxygens (including phenoxy) is 1. The van der Waals surface area contributed by atoms with Crippen LogP contribution in [0.3, 0.4) is 0 Å². The van der Waals surface area contributed by atoms with Crippen LogP contribution in [-0.2, 0) is 57.2 Å². The number of fused-ring (bicyclic) bond motifs is 4. The van der Waals surface area contributed by atoms with Crippen LogP contribution in [0.5, 0.6) is 0 Å². The molecule has 2 fully saturated rings. The van der Waals surface area contributed by atoms with Gasteiger partial charge in [-0.3, -0.25) is 19.1 Å². The van der Waals surface area contributed by atoms with E-state index in [0.717, 1.165) is 18.4 Å². The van der Waals surface area contributed by atoms with Crippen molar-refractivity contribution in [1.29, 1.82) is 0 Å². The number of carbonyl (C=O) groups is 1. The molecular formula is C41H37F7N6O4S. The number of pyridine rings is 1. The van der Waals surface area contributed by atoms with Crippen LogP contribution in [0.15, 0.2) is 48.5 Å². The Kier molecular flexibility index (Phi) is 10.4. The summed E-state index contributed by atoms with van der Waals surface area (Å²) in [5.41, 5.74) is -0.617. The number of halogens is 7. The molecule has 0 amide bonds. The summed E-state index contributed by atoms with van der Waals surface area (Å²) in [6, 6.07) is 11.3. The summed E-state index contributed by atoms with van der Waals surface area (Å²) in [7, 11) is -1.88. The zero-order chi connectivity index (χ0) is 42.0. The number of hydrogen-bond acceptors (Lipinski definition) is 8. The Morgan fingerprint density at radius 3 is 2.46 bits per heavy atom. The molecule has 0 spiro atoms. The van der Waals surface area contributed by atoms with E-state index in [2.05, 4.69) is 26.9 Å². The molecule has 10 nitrogen and oxygen atoms in total. The molecule has 59 heavy (non-hydrogen) atoms. The SMILES string of the molecule is Cn1nc(CS(C)(=O)=O)c2cccc(-c3ccc(C#CCN4CCOCC4)nc3[C@@H](CC(=O)Cn3nc(C(F)(F)F)c4c3C(F)(F)[C@@H]3C[C@H]43)Cc3cc(F)cc(F)c3)c21. The third kappa shape index (κ3) is 8.24. The van der Waals surface area contributed by atoms with Crippen LogP contribution in [0.1, 0.15) is 64.3 Å². The molecule has 1 saturated carbocycles. The second-order valence-electron chi connectivity index (χ2n) is 15.4. The van der Waals surface area contributed by atoms with Crippen molar-refractivity contribution in [3.05, 3.63) is 99.8 Å². The maximum Gasteiger partial charge on any atom is 0.435 e. The van der Waals surface area contributed by atoms with E-state index in [9.17, 15) is 35.2 Å². The van der Waals surface area contributed by atoms with Crippen LogP contribution in [0.25, 0.3) is 22.0 Å². The summed E-state index contributed by atoms with van der Waals surface area (Å²) in [4.78, 5) is 21.1.